The molecule has 7 heteroatoms. The first-order valence-electron chi connectivity index (χ1n) is 9.05. The molecular weight excluding hydrogens is 370 g/mol. The summed E-state index contributed by atoms with van der Waals surface area (Å²) in [5.74, 6) is -0.877. The van der Waals surface area contributed by atoms with Gasteiger partial charge in [0.15, 0.2) is 0 Å². The van der Waals surface area contributed by atoms with Crippen molar-refractivity contribution in [2.75, 3.05) is 11.9 Å². The lowest BCUT2D eigenvalue weighted by Crippen LogP contribution is -2.15. The van der Waals surface area contributed by atoms with Gasteiger partial charge in [-0.1, -0.05) is 43.5 Å². The lowest BCUT2D eigenvalue weighted by molar-refractivity contribution is -0.136. The number of carboxylic acid groups (broad SMARTS) is 1. The van der Waals surface area contributed by atoms with Gasteiger partial charge in [-0.05, 0) is 37.1 Å². The molecule has 0 bridgehead atoms. The number of nitrogens with one attached hydrogen (secondary N) is 1. The van der Waals surface area contributed by atoms with Crippen LogP contribution >= 0.6 is 0 Å². The minimum atomic E-state index is -0.877. The molecule has 1 heterocycles. The van der Waals surface area contributed by atoms with Gasteiger partial charge < -0.3 is 9.84 Å². The van der Waals surface area contributed by atoms with Crippen LogP contribution < -0.4 is 5.32 Å². The number of carbonyl (C=O) groups is 2. The van der Waals surface area contributed by atoms with E-state index in [1.54, 1.807) is 35.0 Å². The van der Waals surface area contributed by atoms with Crippen molar-refractivity contribution in [3.8, 4) is 0 Å². The summed E-state index contributed by atoms with van der Waals surface area (Å²) in [5, 5.41) is 16.1. The number of carbonyl (C=O) groups excluding carboxylic acids is 1. The number of nitrogens with zero attached hydrogens (tertiary/aromatic N) is 2. The Balaban J connectivity index is 1.98. The quantitative estimate of drug-likeness (QED) is 0.626. The first kappa shape index (κ1) is 21.7. The number of rotatable bonds is 9. The zero-order valence-electron chi connectivity index (χ0n) is 16.6. The molecule has 0 aliphatic heterocycles. The number of ether oxygens (including phenoxy) is 1. The van der Waals surface area contributed by atoms with E-state index in [2.05, 4.69) is 23.6 Å². The Kier molecular flexibility index (Phi) is 7.54. The molecule has 0 spiro atoms. The van der Waals surface area contributed by atoms with E-state index < -0.39 is 12.1 Å². The predicted octanol–water partition coefficient (Wildman–Crippen LogP) is 4.02. The number of hydrogen-bond donors (Lipinski definition) is 2. The number of aryl methyl sites for hydroxylation is 1. The normalized spacial score (nSPS) is 11.0. The number of carboxylic acids is 1. The van der Waals surface area contributed by atoms with Crippen LogP contribution in [0.1, 0.15) is 22.5 Å². The minimum absolute atomic E-state index is 0.0435. The summed E-state index contributed by atoms with van der Waals surface area (Å²) in [6.45, 7) is 11.5. The third kappa shape index (κ3) is 6.21. The molecule has 1 amide bonds. The summed E-state index contributed by atoms with van der Waals surface area (Å²) < 4.78 is 6.93. The molecule has 0 atom stereocenters. The van der Waals surface area contributed by atoms with Crippen molar-refractivity contribution in [1.29, 1.82) is 0 Å². The van der Waals surface area contributed by atoms with Gasteiger partial charge >= 0.3 is 12.1 Å². The zero-order chi connectivity index (χ0) is 21.4. The molecular formula is C22H25N3O4. The van der Waals surface area contributed by atoms with Crippen LogP contribution in [0.2, 0.25) is 0 Å². The summed E-state index contributed by atoms with van der Waals surface area (Å²) in [4.78, 5) is 22.9. The first-order chi connectivity index (χ1) is 13.8. The smallest absolute Gasteiger partial charge is 0.411 e. The lowest BCUT2D eigenvalue weighted by atomic mass is 10.1. The Labute approximate surface area is 170 Å². The average molecular weight is 395 g/mol. The summed E-state index contributed by atoms with van der Waals surface area (Å²) in [5.41, 5.74) is 4.61. The fraction of sp³-hybridized carbons (Fsp3) is 0.227. The fourth-order valence-corrected chi connectivity index (χ4v) is 2.79. The third-order valence-electron chi connectivity index (χ3n) is 4.36. The van der Waals surface area contributed by atoms with Crippen LogP contribution in [0.4, 0.5) is 10.5 Å². The Morgan fingerprint density at radius 3 is 2.52 bits per heavy atom. The van der Waals surface area contributed by atoms with Crippen LogP contribution in [0.5, 0.6) is 0 Å². The summed E-state index contributed by atoms with van der Waals surface area (Å²) in [6.07, 6.45) is 4.31. The maximum atomic E-state index is 11.9. The highest BCUT2D eigenvalue weighted by Crippen LogP contribution is 2.17. The number of anilines is 1. The monoisotopic (exact) mass is 395 g/mol. The van der Waals surface area contributed by atoms with E-state index in [1.807, 2.05) is 26.0 Å². The van der Waals surface area contributed by atoms with Gasteiger partial charge in [0.2, 0.25) is 0 Å². The van der Waals surface area contributed by atoms with Crippen molar-refractivity contribution in [3.63, 3.8) is 0 Å². The molecule has 0 radical (unpaired) electrons. The largest absolute Gasteiger partial charge is 0.481 e. The van der Waals surface area contributed by atoms with Crippen molar-refractivity contribution in [1.82, 2.24) is 9.78 Å². The van der Waals surface area contributed by atoms with Crippen LogP contribution in [0.25, 0.3) is 0 Å². The predicted molar refractivity (Wildman–Crippen MR) is 112 cm³/mol. The van der Waals surface area contributed by atoms with Gasteiger partial charge in [-0.25, -0.2) is 4.79 Å². The van der Waals surface area contributed by atoms with E-state index in [0.717, 1.165) is 28.1 Å². The maximum Gasteiger partial charge on any atom is 0.411 e. The van der Waals surface area contributed by atoms with E-state index >= 15 is 0 Å². The van der Waals surface area contributed by atoms with E-state index in [4.69, 9.17) is 9.84 Å². The summed E-state index contributed by atoms with van der Waals surface area (Å²) in [7, 11) is 0. The molecule has 2 rings (SSSR count). The zero-order valence-corrected chi connectivity index (χ0v) is 16.6. The second-order valence-electron chi connectivity index (χ2n) is 6.46. The number of allylic oxidation sites excluding steroid dienone is 2. The Bertz CT molecular complexity index is 940. The number of benzene rings is 1. The van der Waals surface area contributed by atoms with E-state index in [1.165, 1.54) is 0 Å². The van der Waals surface area contributed by atoms with Gasteiger partial charge in [0.1, 0.15) is 6.61 Å². The Morgan fingerprint density at radius 1 is 1.24 bits per heavy atom. The highest BCUT2D eigenvalue weighted by molar-refractivity contribution is 5.84. The molecule has 1 aromatic heterocycles. The number of aromatic nitrogens is 2. The minimum Gasteiger partial charge on any atom is -0.481 e. The van der Waals surface area contributed by atoms with E-state index in [-0.39, 0.29) is 13.0 Å². The van der Waals surface area contributed by atoms with Gasteiger partial charge in [0.25, 0.3) is 0 Å². The summed E-state index contributed by atoms with van der Waals surface area (Å²) in [6, 6.07) is 7.29. The molecule has 0 unspecified atom stereocenters. The van der Waals surface area contributed by atoms with Crippen LogP contribution in [0.3, 0.4) is 0 Å². The number of aliphatic carboxylic acids is 1. The van der Waals surface area contributed by atoms with Crippen LogP contribution in [0.15, 0.2) is 61.2 Å². The standard InChI is InChI=1S/C22H25N3O4/c1-5-7-17(6-2)14-29-22(28)23-19-10-8-18(9-11-19)13-25-16(4)20(12-21(26)27)15(3)24-25/h5-11H,1-2,12-14H2,3-4H3,(H,23,28)(H,26,27)/b17-7+. The van der Waals surface area contributed by atoms with Crippen molar-refractivity contribution in [3.05, 3.63) is 83.7 Å². The maximum absolute atomic E-state index is 11.9. The van der Waals surface area contributed by atoms with Crippen LogP contribution in [0, 0.1) is 13.8 Å². The van der Waals surface area contributed by atoms with Crippen molar-refractivity contribution >= 4 is 17.7 Å². The molecule has 2 aromatic rings. The van der Waals surface area contributed by atoms with Gasteiger partial charge in [-0.15, -0.1) is 0 Å². The van der Waals surface area contributed by atoms with Gasteiger partial charge in [0.05, 0.1) is 18.7 Å². The van der Waals surface area contributed by atoms with Crippen LogP contribution in [-0.4, -0.2) is 33.6 Å². The van der Waals surface area contributed by atoms with E-state index in [9.17, 15) is 9.59 Å². The van der Waals surface area contributed by atoms with Gasteiger partial charge in [-0.3, -0.25) is 14.8 Å². The first-order valence-corrected chi connectivity index (χ1v) is 9.05. The molecule has 0 fully saturated rings. The Morgan fingerprint density at radius 2 is 1.93 bits per heavy atom. The Hall–Kier alpha value is -3.61. The molecule has 0 aliphatic rings. The highest BCUT2D eigenvalue weighted by Gasteiger charge is 2.14. The molecule has 29 heavy (non-hydrogen) atoms. The average Bonchev–Trinajstić information content (AvgIpc) is 2.93. The van der Waals surface area contributed by atoms with Gasteiger partial charge in [0, 0.05) is 16.9 Å². The fourth-order valence-electron chi connectivity index (χ4n) is 2.79. The molecule has 152 valence electrons. The van der Waals surface area contributed by atoms with E-state index in [0.29, 0.717) is 12.2 Å². The molecule has 1 aromatic carbocycles. The topological polar surface area (TPSA) is 93.5 Å². The van der Waals surface area contributed by atoms with Crippen molar-refractivity contribution in [2.24, 2.45) is 0 Å². The second-order valence-corrected chi connectivity index (χ2v) is 6.46. The molecule has 0 saturated heterocycles. The SMILES string of the molecule is C=C/C=C(\C=C)COC(=O)Nc1ccc(Cn2nc(C)c(CC(=O)O)c2C)cc1. The molecule has 7 nitrogen and oxygen atoms in total. The lowest BCUT2D eigenvalue weighted by Gasteiger charge is -2.09. The summed E-state index contributed by atoms with van der Waals surface area (Å²) >= 11 is 0. The second kappa shape index (κ2) is 10.1. The number of amides is 1. The number of hydrogen-bond acceptors (Lipinski definition) is 4. The van der Waals surface area contributed by atoms with Gasteiger partial charge in [-0.2, -0.15) is 5.10 Å². The molecule has 0 saturated carbocycles. The van der Waals surface area contributed by atoms with Crippen LogP contribution in [-0.2, 0) is 22.5 Å². The van der Waals surface area contributed by atoms with Crippen molar-refractivity contribution in [2.45, 2.75) is 26.8 Å². The molecule has 0 aliphatic carbocycles. The third-order valence-corrected chi connectivity index (χ3v) is 4.36. The highest BCUT2D eigenvalue weighted by atomic mass is 16.5. The molecule has 2 N–H and O–H groups in total. The van der Waals surface area contributed by atoms with Crippen molar-refractivity contribution < 1.29 is 19.4 Å².